The summed E-state index contributed by atoms with van der Waals surface area (Å²) in [6, 6.07) is 174. The number of hydrogen-bond donors (Lipinski definition) is 0. The smallest absolute Gasteiger partial charge is 0.164 e. The van der Waals surface area contributed by atoms with E-state index in [1.165, 1.54) is 111 Å². The summed E-state index contributed by atoms with van der Waals surface area (Å²) in [7, 11) is 0. The Balaban J connectivity index is 0.000000115. The van der Waals surface area contributed by atoms with Crippen LogP contribution in [0.4, 0.5) is 0 Å². The Hall–Kier alpha value is -19.5. The second-order valence-electron chi connectivity index (χ2n) is 37.0. The quantitative estimate of drug-likeness (QED) is 0.0810. The van der Waals surface area contributed by atoms with Gasteiger partial charge in [-0.05, 0) is 254 Å². The molecule has 3 aliphatic carbocycles. The maximum atomic E-state index is 5.08. The molecule has 0 unspecified atom stereocenters. The predicted molar refractivity (Wildman–Crippen MR) is 598 cm³/mol. The highest BCUT2D eigenvalue weighted by Crippen LogP contribution is 2.51. The van der Waals surface area contributed by atoms with E-state index < -0.39 is 0 Å². The summed E-state index contributed by atoms with van der Waals surface area (Å²) in [4.78, 5) is 54.5. The zero-order valence-electron chi connectivity index (χ0n) is 80.1. The van der Waals surface area contributed by atoms with Crippen LogP contribution >= 0.6 is 0 Å². The van der Waals surface area contributed by atoms with Gasteiger partial charge in [-0.25, -0.2) is 44.9 Å². The molecule has 0 amide bonds. The zero-order valence-corrected chi connectivity index (χ0v) is 80.1. The summed E-state index contributed by atoms with van der Waals surface area (Å²) in [5.41, 5.74) is 45.1. The summed E-state index contributed by atoms with van der Waals surface area (Å²) in [6.45, 7) is 0. The van der Waals surface area contributed by atoms with Crippen molar-refractivity contribution in [3.63, 3.8) is 0 Å². The first-order valence-electron chi connectivity index (χ1n) is 49.7. The second-order valence-corrected chi connectivity index (χ2v) is 37.0. The van der Waals surface area contributed by atoms with E-state index in [4.69, 9.17) is 49.8 Å². The first-order valence-corrected chi connectivity index (χ1v) is 49.7. The molecule has 19 aromatic carbocycles. The van der Waals surface area contributed by atoms with Gasteiger partial charge >= 0.3 is 0 Å². The van der Waals surface area contributed by atoms with Crippen LogP contribution < -0.4 is 0 Å². The lowest BCUT2D eigenvalue weighted by molar-refractivity contribution is 1.07. The summed E-state index contributed by atoms with van der Waals surface area (Å²) in [6.07, 6.45) is 8.23. The lowest BCUT2D eigenvalue weighted by Crippen LogP contribution is -2.01. The molecule has 0 N–H and O–H groups in total. The molecule has 5 aromatic heterocycles. The lowest BCUT2D eigenvalue weighted by Gasteiger charge is -2.14. The van der Waals surface area contributed by atoms with Crippen molar-refractivity contribution in [2.45, 2.75) is 19.3 Å². The van der Waals surface area contributed by atoms with Gasteiger partial charge < -0.3 is 0 Å². The Morgan fingerprint density at radius 3 is 0.701 bits per heavy atom. The molecule has 690 valence electrons. The van der Waals surface area contributed by atoms with E-state index in [-0.39, 0.29) is 0 Å². The molecule has 11 nitrogen and oxygen atoms in total. The van der Waals surface area contributed by atoms with Crippen LogP contribution in [0.2, 0.25) is 0 Å². The van der Waals surface area contributed by atoms with Gasteiger partial charge in [0.25, 0.3) is 0 Å². The predicted octanol–water partition coefficient (Wildman–Crippen LogP) is 33.1. The van der Waals surface area contributed by atoms with E-state index in [0.29, 0.717) is 52.4 Å². The summed E-state index contributed by atoms with van der Waals surface area (Å²) >= 11 is 0. The van der Waals surface area contributed by atoms with Gasteiger partial charge in [0.1, 0.15) is 0 Å². The van der Waals surface area contributed by atoms with E-state index in [9.17, 15) is 0 Å². The molecule has 0 atom stereocenters. The molecule has 0 aliphatic heterocycles. The van der Waals surface area contributed by atoms with E-state index >= 15 is 0 Å². The van der Waals surface area contributed by atoms with Crippen molar-refractivity contribution >= 4 is 0 Å². The van der Waals surface area contributed by atoms with E-state index in [1.54, 1.807) is 0 Å². The molecule has 3 aliphatic rings. The van der Waals surface area contributed by atoms with Crippen molar-refractivity contribution in [2.24, 2.45) is 0 Å². The van der Waals surface area contributed by atoms with Crippen LogP contribution in [0, 0.1) is 0 Å². The average molecular weight is 1880 g/mol. The number of aromatic nitrogens is 11. The maximum absolute atomic E-state index is 5.08. The summed E-state index contributed by atoms with van der Waals surface area (Å²) in [5, 5.41) is 0. The minimum atomic E-state index is 0.619. The number of rotatable bonds is 18. The van der Waals surface area contributed by atoms with Crippen LogP contribution in [-0.2, 0) is 19.3 Å². The highest BCUT2D eigenvalue weighted by molar-refractivity contribution is 5.95. The zero-order chi connectivity index (χ0) is 97.7. The molecule has 147 heavy (non-hydrogen) atoms. The van der Waals surface area contributed by atoms with Crippen LogP contribution in [0.25, 0.3) is 236 Å². The Morgan fingerprint density at radius 1 is 0.129 bits per heavy atom. The van der Waals surface area contributed by atoms with E-state index in [1.807, 2.05) is 219 Å². The second kappa shape index (κ2) is 39.9. The monoisotopic (exact) mass is 1880 g/mol. The molecule has 24 aromatic rings. The maximum Gasteiger partial charge on any atom is 0.164 e. The summed E-state index contributed by atoms with van der Waals surface area (Å²) < 4.78 is 0. The SMILES string of the molecule is c1ccc(-c2cc(-c3ccc4c(c3)-c3cc(-c5ccccc5)ccc3C4)cc(-c3nc(-c4ccccc4)nc(-c4ccccc4)n3)c2)cc1.c1ccc(-c2nc(-c3ccccc3)nc(-c3cc(-c4ccccn4)cc(-c4cccc5c4Cc4c(-c6ccccc6)cccc4-5)c3)n2)cc1.c1ccc(-c2nc(-c3ccccc3)nc(-c3cc(-c4cccnc4)cc(-c4cccc5c4Cc4c(-c6ccccc6)cccc4-5)c3)n2)cc1. The van der Waals surface area contributed by atoms with Crippen LogP contribution in [-0.4, -0.2) is 54.8 Å². The van der Waals surface area contributed by atoms with Crippen molar-refractivity contribution in [3.8, 4) is 236 Å². The Labute approximate surface area is 853 Å². The van der Waals surface area contributed by atoms with Gasteiger partial charge in [0.05, 0.1) is 5.69 Å². The minimum Gasteiger partial charge on any atom is -0.264 e. The number of fused-ring (bicyclic) bond motifs is 9. The molecule has 0 bridgehead atoms. The highest BCUT2D eigenvalue weighted by Gasteiger charge is 2.30. The first-order chi connectivity index (χ1) is 72.8. The normalized spacial score (nSPS) is 11.6. The molecule has 27 rings (SSSR count). The van der Waals surface area contributed by atoms with Crippen LogP contribution in [0.1, 0.15) is 33.4 Å². The highest BCUT2D eigenvalue weighted by atomic mass is 15.1. The fraction of sp³-hybridized carbons (Fsp3) is 0.0221. The van der Waals surface area contributed by atoms with Gasteiger partial charge in [-0.2, -0.15) is 0 Å². The minimum absolute atomic E-state index is 0.619. The molecular weight excluding hydrogens is 1790 g/mol. The largest absolute Gasteiger partial charge is 0.264 e. The number of benzene rings is 19. The molecule has 0 saturated carbocycles. The molecule has 5 heterocycles. The molecule has 0 radical (unpaired) electrons. The van der Waals surface area contributed by atoms with E-state index in [0.717, 1.165) is 125 Å². The van der Waals surface area contributed by atoms with Crippen LogP contribution in [0.15, 0.2) is 516 Å². The fourth-order valence-electron chi connectivity index (χ4n) is 20.7. The van der Waals surface area contributed by atoms with Crippen molar-refractivity contribution in [1.29, 1.82) is 0 Å². The van der Waals surface area contributed by atoms with Crippen LogP contribution in [0.5, 0.6) is 0 Å². The molecule has 0 saturated heterocycles. The van der Waals surface area contributed by atoms with Crippen molar-refractivity contribution < 1.29 is 0 Å². The average Bonchev–Trinajstić information content (AvgIpc) is 1.67. The third kappa shape index (κ3) is 18.4. The Morgan fingerprint density at radius 2 is 0.374 bits per heavy atom. The lowest BCUT2D eigenvalue weighted by atomic mass is 9.91. The molecule has 0 fully saturated rings. The molecule has 0 spiro atoms. The van der Waals surface area contributed by atoms with Crippen molar-refractivity contribution in [2.75, 3.05) is 0 Å². The van der Waals surface area contributed by atoms with E-state index in [2.05, 4.69) is 302 Å². The fourth-order valence-corrected chi connectivity index (χ4v) is 20.7. The van der Waals surface area contributed by atoms with Gasteiger partial charge in [-0.1, -0.05) is 413 Å². The van der Waals surface area contributed by atoms with Crippen LogP contribution in [0.3, 0.4) is 0 Å². The van der Waals surface area contributed by atoms with Gasteiger partial charge in [-0.3, -0.25) is 9.97 Å². The topological polar surface area (TPSA) is 142 Å². The first kappa shape index (κ1) is 88.9. The van der Waals surface area contributed by atoms with Crippen molar-refractivity contribution in [1.82, 2.24) is 54.8 Å². The third-order valence-corrected chi connectivity index (χ3v) is 27.8. The Kier molecular flexibility index (Phi) is 24.1. The third-order valence-electron chi connectivity index (χ3n) is 27.8. The van der Waals surface area contributed by atoms with Gasteiger partial charge in [0, 0.05) is 79.8 Å². The molecule has 11 heteroatoms. The Bertz CT molecular complexity index is 8460. The number of pyridine rings is 2. The molecular formula is C136H91N11. The number of hydrogen-bond acceptors (Lipinski definition) is 11. The van der Waals surface area contributed by atoms with Gasteiger partial charge in [0.2, 0.25) is 0 Å². The number of nitrogens with zero attached hydrogens (tertiary/aromatic N) is 11. The van der Waals surface area contributed by atoms with Crippen molar-refractivity contribution in [3.05, 3.63) is 549 Å². The van der Waals surface area contributed by atoms with Gasteiger partial charge in [0.15, 0.2) is 52.4 Å². The summed E-state index contributed by atoms with van der Waals surface area (Å²) in [5.74, 6) is 5.75. The standard InChI is InChI=1S/C46H31N3.2C45H30N4/c1-5-13-31(14-6-1)35-21-23-37-25-38-24-22-36(30-43(38)42(37)29-35)40-26-39(32-15-7-2-8-16-32)27-41(28-40)46-48-44(33-17-9-3-10-18-33)47-45(49-46)34-19-11-4-12-20-34;1-4-13-30(14-5-1)37-20-10-22-39-40-23-11-21-38(42(40)28-41(37)39)35-25-34(33-19-12-24-46-29-33)26-36(27-35)45-48-43(31-15-6-2-7-16-31)47-44(49-45)32-17-8-3-9-18-32;1-4-14-30(15-5-1)36-20-12-22-38-39-23-13-21-37(41(39)29-40(36)38)33-26-34(42-24-10-11-25-46-42)28-35(27-33)45-48-43(31-16-6-2-7-17-31)47-44(49-45)32-18-8-3-9-19-32/h1-24,26-30H,25H2;1-27,29H,28H2;1-28H,29H2. The van der Waals surface area contributed by atoms with Gasteiger partial charge in [-0.15, -0.1) is 0 Å².